The van der Waals surface area contributed by atoms with Crippen LogP contribution in [0.15, 0.2) is 0 Å². The fraction of sp³-hybridized carbons (Fsp3) is 0.667. The van der Waals surface area contributed by atoms with Gasteiger partial charge in [0.25, 0.3) is 0 Å². The highest BCUT2D eigenvalue weighted by molar-refractivity contribution is 5.77. The second-order valence-corrected chi connectivity index (χ2v) is 2.62. The number of nitrogens with two attached hydrogens (primary N) is 1. The number of carbonyl (C=O) groups excluding carboxylic acids is 1. The van der Waals surface area contributed by atoms with E-state index in [1.54, 1.807) is 0 Å². The van der Waals surface area contributed by atoms with Crippen molar-refractivity contribution in [1.29, 1.82) is 0 Å². The number of aliphatic carboxylic acids is 1. The van der Waals surface area contributed by atoms with E-state index in [2.05, 4.69) is 0 Å². The topological polar surface area (TPSA) is 104 Å². The van der Waals surface area contributed by atoms with E-state index in [0.29, 0.717) is 0 Å². The summed E-state index contributed by atoms with van der Waals surface area (Å²) in [5.74, 6) is -1.36. The highest BCUT2D eigenvalue weighted by Crippen LogP contribution is 2.11. The van der Waals surface area contributed by atoms with Gasteiger partial charge < -0.3 is 21.5 Å². The van der Waals surface area contributed by atoms with E-state index < -0.39 is 37.3 Å². The summed E-state index contributed by atoms with van der Waals surface area (Å²) in [5, 5.41) is 11.7. The van der Waals surface area contributed by atoms with Gasteiger partial charge in [0.1, 0.15) is 12.6 Å². The SMILES string of the molecule is NC(CNC(=O)NCC(F)(F)F)C(=O)O. The average molecular weight is 229 g/mol. The molecule has 0 heterocycles. The fourth-order valence-corrected chi connectivity index (χ4v) is 0.533. The maximum atomic E-state index is 11.6. The average Bonchev–Trinajstić information content (AvgIpc) is 2.09. The molecule has 1 unspecified atom stereocenters. The van der Waals surface area contributed by atoms with Crippen LogP contribution in [0.4, 0.5) is 18.0 Å². The normalized spacial score (nSPS) is 13.1. The number of hydrogen-bond donors (Lipinski definition) is 4. The lowest BCUT2D eigenvalue weighted by Crippen LogP contribution is -2.47. The molecule has 15 heavy (non-hydrogen) atoms. The zero-order valence-corrected chi connectivity index (χ0v) is 7.47. The Morgan fingerprint density at radius 1 is 1.33 bits per heavy atom. The number of hydrogen-bond acceptors (Lipinski definition) is 3. The van der Waals surface area contributed by atoms with E-state index in [-0.39, 0.29) is 0 Å². The number of carbonyl (C=O) groups is 2. The zero-order valence-electron chi connectivity index (χ0n) is 7.47. The second-order valence-electron chi connectivity index (χ2n) is 2.62. The third kappa shape index (κ3) is 7.55. The number of carboxylic acids is 1. The molecule has 0 saturated carbocycles. The molecule has 9 heteroatoms. The predicted molar refractivity (Wildman–Crippen MR) is 43.1 cm³/mol. The first kappa shape index (κ1) is 13.5. The van der Waals surface area contributed by atoms with Gasteiger partial charge in [0.05, 0.1) is 0 Å². The predicted octanol–water partition coefficient (Wildman–Crippen LogP) is -0.740. The van der Waals surface area contributed by atoms with Crippen LogP contribution in [0.2, 0.25) is 0 Å². The first-order valence-corrected chi connectivity index (χ1v) is 3.79. The lowest BCUT2D eigenvalue weighted by Gasteiger charge is -2.11. The quantitative estimate of drug-likeness (QED) is 0.509. The van der Waals surface area contributed by atoms with Crippen molar-refractivity contribution in [3.8, 4) is 0 Å². The van der Waals surface area contributed by atoms with Gasteiger partial charge in [-0.3, -0.25) is 4.79 Å². The summed E-state index contributed by atoms with van der Waals surface area (Å²) in [6, 6.07) is -2.47. The Balaban J connectivity index is 3.72. The van der Waals surface area contributed by atoms with E-state index in [0.717, 1.165) is 0 Å². The molecule has 0 rings (SSSR count). The smallest absolute Gasteiger partial charge is 0.405 e. The van der Waals surface area contributed by atoms with Crippen LogP contribution in [0.25, 0.3) is 0 Å². The van der Waals surface area contributed by atoms with Crippen molar-refractivity contribution in [3.05, 3.63) is 0 Å². The maximum absolute atomic E-state index is 11.6. The number of alkyl halides is 3. The molecule has 2 amide bonds. The van der Waals surface area contributed by atoms with Gasteiger partial charge in [-0.05, 0) is 0 Å². The minimum Gasteiger partial charge on any atom is -0.480 e. The number of halogens is 3. The van der Waals surface area contributed by atoms with E-state index in [1.165, 1.54) is 5.32 Å². The van der Waals surface area contributed by atoms with Crippen LogP contribution >= 0.6 is 0 Å². The molecule has 0 fully saturated rings. The van der Waals surface area contributed by atoms with Crippen LogP contribution in [-0.2, 0) is 4.79 Å². The molecule has 0 aromatic rings. The summed E-state index contributed by atoms with van der Waals surface area (Å²) in [4.78, 5) is 20.8. The third-order valence-electron chi connectivity index (χ3n) is 1.25. The van der Waals surface area contributed by atoms with Crippen molar-refractivity contribution in [3.63, 3.8) is 0 Å². The van der Waals surface area contributed by atoms with E-state index >= 15 is 0 Å². The number of urea groups is 1. The number of nitrogens with one attached hydrogen (secondary N) is 2. The van der Waals surface area contributed by atoms with Crippen molar-refractivity contribution in [2.75, 3.05) is 13.1 Å². The summed E-state index contributed by atoms with van der Waals surface area (Å²) in [7, 11) is 0. The summed E-state index contributed by atoms with van der Waals surface area (Å²) in [6.07, 6.45) is -4.51. The number of amides is 2. The van der Waals surface area contributed by atoms with Gasteiger partial charge in [-0.25, -0.2) is 4.79 Å². The van der Waals surface area contributed by atoms with Crippen molar-refractivity contribution in [2.24, 2.45) is 5.73 Å². The molecule has 1 atom stereocenters. The monoisotopic (exact) mass is 229 g/mol. The molecule has 0 aromatic heterocycles. The molecule has 5 N–H and O–H groups in total. The van der Waals surface area contributed by atoms with E-state index in [1.807, 2.05) is 5.32 Å². The molecule has 0 aliphatic rings. The van der Waals surface area contributed by atoms with Crippen LogP contribution in [0.1, 0.15) is 0 Å². The minimum atomic E-state index is -4.51. The Morgan fingerprint density at radius 2 is 1.87 bits per heavy atom. The van der Waals surface area contributed by atoms with Crippen LogP contribution in [0.5, 0.6) is 0 Å². The summed E-state index contributed by atoms with van der Waals surface area (Å²) < 4.78 is 34.7. The lowest BCUT2D eigenvalue weighted by atomic mass is 10.3. The standard InChI is InChI=1S/C6H10F3N3O3/c7-6(8,9)2-12-5(15)11-1-3(10)4(13)14/h3H,1-2,10H2,(H,13,14)(H2,11,12,15). The van der Waals surface area contributed by atoms with Crippen LogP contribution < -0.4 is 16.4 Å². The molecule has 88 valence electrons. The van der Waals surface area contributed by atoms with Gasteiger partial charge in [0.2, 0.25) is 0 Å². The highest BCUT2D eigenvalue weighted by atomic mass is 19.4. The van der Waals surface area contributed by atoms with E-state index in [9.17, 15) is 22.8 Å². The van der Waals surface area contributed by atoms with Crippen molar-refractivity contribution >= 4 is 12.0 Å². The zero-order chi connectivity index (χ0) is 12.1. The van der Waals surface area contributed by atoms with Gasteiger partial charge in [-0.15, -0.1) is 0 Å². The molecule has 0 radical (unpaired) electrons. The Morgan fingerprint density at radius 3 is 2.27 bits per heavy atom. The Hall–Kier alpha value is -1.51. The second kappa shape index (κ2) is 5.39. The molecule has 0 aliphatic heterocycles. The van der Waals surface area contributed by atoms with Gasteiger partial charge in [0, 0.05) is 6.54 Å². The first-order chi connectivity index (χ1) is 6.72. The van der Waals surface area contributed by atoms with Crippen molar-refractivity contribution in [1.82, 2.24) is 10.6 Å². The Labute approximate surface area is 82.6 Å². The van der Waals surface area contributed by atoms with Gasteiger partial charge in [-0.2, -0.15) is 13.2 Å². The van der Waals surface area contributed by atoms with Crippen molar-refractivity contribution in [2.45, 2.75) is 12.2 Å². The number of carboxylic acid groups (broad SMARTS) is 1. The Kier molecular flexibility index (Phi) is 4.85. The summed E-state index contributed by atoms with van der Waals surface area (Å²) in [5.41, 5.74) is 4.98. The fourth-order valence-electron chi connectivity index (χ4n) is 0.533. The molecular formula is C6H10F3N3O3. The number of rotatable bonds is 4. The third-order valence-corrected chi connectivity index (χ3v) is 1.25. The van der Waals surface area contributed by atoms with Crippen LogP contribution in [0.3, 0.4) is 0 Å². The molecule has 6 nitrogen and oxygen atoms in total. The van der Waals surface area contributed by atoms with Gasteiger partial charge in [0.15, 0.2) is 0 Å². The van der Waals surface area contributed by atoms with E-state index in [4.69, 9.17) is 10.8 Å². The molecule has 0 spiro atoms. The first-order valence-electron chi connectivity index (χ1n) is 3.79. The minimum absolute atomic E-state index is 0.445. The molecule has 0 aromatic carbocycles. The van der Waals surface area contributed by atoms with Gasteiger partial charge >= 0.3 is 18.2 Å². The molecule has 0 aliphatic carbocycles. The molecule has 0 saturated heterocycles. The summed E-state index contributed by atoms with van der Waals surface area (Å²) >= 11 is 0. The largest absolute Gasteiger partial charge is 0.480 e. The van der Waals surface area contributed by atoms with Crippen molar-refractivity contribution < 1.29 is 27.9 Å². The van der Waals surface area contributed by atoms with Gasteiger partial charge in [-0.1, -0.05) is 0 Å². The molecule has 0 bridgehead atoms. The van der Waals surface area contributed by atoms with Crippen LogP contribution in [0, 0.1) is 0 Å². The van der Waals surface area contributed by atoms with Crippen LogP contribution in [-0.4, -0.2) is 42.4 Å². The lowest BCUT2D eigenvalue weighted by molar-refractivity contribution is -0.138. The maximum Gasteiger partial charge on any atom is 0.405 e. The Bertz CT molecular complexity index is 244. The highest BCUT2D eigenvalue weighted by Gasteiger charge is 2.27. The summed E-state index contributed by atoms with van der Waals surface area (Å²) in [6.45, 7) is -1.93. The molecular weight excluding hydrogens is 219 g/mol.